The molecule has 1 aliphatic rings. The summed E-state index contributed by atoms with van der Waals surface area (Å²) in [7, 11) is 1.95. The lowest BCUT2D eigenvalue weighted by Crippen LogP contribution is -2.30. The van der Waals surface area contributed by atoms with Gasteiger partial charge in [-0.05, 0) is 44.5 Å². The summed E-state index contributed by atoms with van der Waals surface area (Å²) in [6, 6.07) is 10.3. The molecule has 1 amide bonds. The van der Waals surface area contributed by atoms with Crippen molar-refractivity contribution < 1.29 is 9.53 Å². The third-order valence-electron chi connectivity index (χ3n) is 4.71. The summed E-state index contributed by atoms with van der Waals surface area (Å²) < 4.78 is 7.43. The number of carbonyl (C=O) groups excluding carboxylic acids is 1. The van der Waals surface area contributed by atoms with Crippen molar-refractivity contribution in [3.63, 3.8) is 0 Å². The van der Waals surface area contributed by atoms with Gasteiger partial charge in [0.1, 0.15) is 11.6 Å². The highest BCUT2D eigenvalue weighted by atomic mass is 16.5. The first-order valence-electron chi connectivity index (χ1n) is 9.39. The average Bonchev–Trinajstić information content (AvgIpc) is 3.28. The number of hydrogen-bond donors (Lipinski definition) is 1. The normalized spacial score (nSPS) is 14.7. The number of ether oxygens (including phenoxy) is 1. The molecule has 1 fully saturated rings. The number of likely N-dealkylation sites (N-methyl/N-ethyl adjacent to an activating group) is 1. The second-order valence-corrected chi connectivity index (χ2v) is 6.90. The Balaban J connectivity index is 1.50. The highest BCUT2D eigenvalue weighted by Crippen LogP contribution is 2.31. The van der Waals surface area contributed by atoms with Gasteiger partial charge in [-0.1, -0.05) is 25.0 Å². The van der Waals surface area contributed by atoms with Crippen LogP contribution >= 0.6 is 0 Å². The van der Waals surface area contributed by atoms with Crippen LogP contribution in [0.15, 0.2) is 36.5 Å². The Bertz CT molecular complexity index is 705. The third-order valence-corrected chi connectivity index (χ3v) is 4.71. The van der Waals surface area contributed by atoms with Crippen molar-refractivity contribution in [1.82, 2.24) is 14.7 Å². The van der Waals surface area contributed by atoms with E-state index >= 15 is 0 Å². The number of anilines is 1. The number of nitrogens with zero attached hydrogens (tertiary/aromatic N) is 3. The molecule has 1 aromatic carbocycles. The molecule has 0 atom stereocenters. The highest BCUT2D eigenvalue weighted by Gasteiger charge is 2.20. The van der Waals surface area contributed by atoms with Gasteiger partial charge in [0.2, 0.25) is 5.91 Å². The van der Waals surface area contributed by atoms with Gasteiger partial charge in [0.15, 0.2) is 0 Å². The Morgan fingerprint density at radius 3 is 2.69 bits per heavy atom. The first-order valence-corrected chi connectivity index (χ1v) is 9.39. The molecule has 3 rings (SSSR count). The fourth-order valence-corrected chi connectivity index (χ4v) is 3.51. The van der Waals surface area contributed by atoms with Gasteiger partial charge in [-0.15, -0.1) is 0 Å². The molecule has 0 radical (unpaired) electrons. The van der Waals surface area contributed by atoms with E-state index in [-0.39, 0.29) is 5.91 Å². The van der Waals surface area contributed by atoms with Crippen LogP contribution in [0.1, 0.15) is 44.2 Å². The molecule has 6 nitrogen and oxygen atoms in total. The molecule has 1 aliphatic carbocycles. The minimum Gasteiger partial charge on any atom is -0.494 e. The Labute approximate surface area is 155 Å². The Morgan fingerprint density at radius 1 is 1.27 bits per heavy atom. The summed E-state index contributed by atoms with van der Waals surface area (Å²) in [6.45, 7) is 3.68. The van der Waals surface area contributed by atoms with E-state index in [4.69, 9.17) is 4.74 Å². The van der Waals surface area contributed by atoms with Crippen molar-refractivity contribution in [2.24, 2.45) is 0 Å². The zero-order valence-electron chi connectivity index (χ0n) is 15.6. The van der Waals surface area contributed by atoms with Crippen LogP contribution in [-0.2, 0) is 11.3 Å². The molecule has 1 saturated carbocycles. The number of nitrogens with one attached hydrogen (secondary N) is 1. The van der Waals surface area contributed by atoms with E-state index in [1.807, 2.05) is 53.9 Å². The molecule has 6 heteroatoms. The largest absolute Gasteiger partial charge is 0.494 e. The van der Waals surface area contributed by atoms with E-state index in [0.717, 1.165) is 30.0 Å². The Hall–Kier alpha value is -2.34. The predicted octanol–water partition coefficient (Wildman–Crippen LogP) is 3.47. The SMILES string of the molecule is CCOc1ccc(CN(C)CC(=O)Nc2ccnn2C2CCCC2)cc1. The molecule has 2 aromatic rings. The van der Waals surface area contributed by atoms with Crippen LogP contribution in [0.25, 0.3) is 0 Å². The van der Waals surface area contributed by atoms with Gasteiger partial charge in [-0.3, -0.25) is 9.69 Å². The van der Waals surface area contributed by atoms with Gasteiger partial charge in [0, 0.05) is 12.6 Å². The van der Waals surface area contributed by atoms with Gasteiger partial charge < -0.3 is 10.1 Å². The Kier molecular flexibility index (Phi) is 6.28. The quantitative estimate of drug-likeness (QED) is 0.787. The topological polar surface area (TPSA) is 59.4 Å². The van der Waals surface area contributed by atoms with E-state index < -0.39 is 0 Å². The van der Waals surface area contributed by atoms with E-state index in [9.17, 15) is 4.79 Å². The van der Waals surface area contributed by atoms with Crippen molar-refractivity contribution in [1.29, 1.82) is 0 Å². The number of aromatic nitrogens is 2. The van der Waals surface area contributed by atoms with Gasteiger partial charge in [0.05, 0.1) is 25.4 Å². The second-order valence-electron chi connectivity index (χ2n) is 6.90. The molecular formula is C20H28N4O2. The van der Waals surface area contributed by atoms with Crippen LogP contribution in [0.5, 0.6) is 5.75 Å². The standard InChI is InChI=1S/C20H28N4O2/c1-3-26-18-10-8-16(9-11-18)14-23(2)15-20(25)22-19-12-13-21-24(19)17-6-4-5-7-17/h8-13,17H,3-7,14-15H2,1-2H3,(H,22,25). The molecule has 0 aliphatic heterocycles. The van der Waals surface area contributed by atoms with Crippen molar-refractivity contribution in [2.45, 2.75) is 45.2 Å². The Morgan fingerprint density at radius 2 is 2.00 bits per heavy atom. The van der Waals surface area contributed by atoms with Crippen molar-refractivity contribution in [3.05, 3.63) is 42.1 Å². The molecule has 0 unspecified atom stereocenters. The molecule has 1 N–H and O–H groups in total. The van der Waals surface area contributed by atoms with Crippen LogP contribution in [-0.4, -0.2) is 40.8 Å². The lowest BCUT2D eigenvalue weighted by atomic mass is 10.2. The molecule has 140 valence electrons. The maximum absolute atomic E-state index is 12.4. The van der Waals surface area contributed by atoms with Crippen LogP contribution in [0.4, 0.5) is 5.82 Å². The maximum Gasteiger partial charge on any atom is 0.239 e. The lowest BCUT2D eigenvalue weighted by Gasteiger charge is -2.18. The molecule has 0 bridgehead atoms. The summed E-state index contributed by atoms with van der Waals surface area (Å²) in [4.78, 5) is 14.4. The third kappa shape index (κ3) is 4.85. The molecule has 0 spiro atoms. The van der Waals surface area contributed by atoms with Gasteiger partial charge in [0.25, 0.3) is 0 Å². The van der Waals surface area contributed by atoms with Crippen LogP contribution in [0, 0.1) is 0 Å². The molecule has 0 saturated heterocycles. The van der Waals surface area contributed by atoms with E-state index in [1.165, 1.54) is 12.8 Å². The van der Waals surface area contributed by atoms with Gasteiger partial charge in [-0.25, -0.2) is 4.68 Å². The van der Waals surface area contributed by atoms with E-state index in [2.05, 4.69) is 10.4 Å². The molecule has 1 aromatic heterocycles. The molecular weight excluding hydrogens is 328 g/mol. The van der Waals surface area contributed by atoms with Gasteiger partial charge >= 0.3 is 0 Å². The lowest BCUT2D eigenvalue weighted by molar-refractivity contribution is -0.117. The molecule has 26 heavy (non-hydrogen) atoms. The number of benzene rings is 1. The zero-order chi connectivity index (χ0) is 18.4. The first-order chi connectivity index (χ1) is 12.7. The fourth-order valence-electron chi connectivity index (χ4n) is 3.51. The van der Waals surface area contributed by atoms with Crippen molar-refractivity contribution >= 4 is 11.7 Å². The summed E-state index contributed by atoms with van der Waals surface area (Å²) in [6.07, 6.45) is 6.52. The molecule has 1 heterocycles. The summed E-state index contributed by atoms with van der Waals surface area (Å²) in [5.74, 6) is 1.66. The first kappa shape index (κ1) is 18.5. The van der Waals surface area contributed by atoms with Crippen LogP contribution in [0.2, 0.25) is 0 Å². The minimum atomic E-state index is -0.0156. The summed E-state index contributed by atoms with van der Waals surface area (Å²) in [5, 5.41) is 7.41. The maximum atomic E-state index is 12.4. The van der Waals surface area contributed by atoms with E-state index in [1.54, 1.807) is 6.20 Å². The number of amides is 1. The van der Waals surface area contributed by atoms with Crippen molar-refractivity contribution in [2.75, 3.05) is 25.5 Å². The number of hydrogen-bond acceptors (Lipinski definition) is 4. The number of rotatable bonds is 8. The second kappa shape index (κ2) is 8.85. The summed E-state index contributed by atoms with van der Waals surface area (Å²) >= 11 is 0. The van der Waals surface area contributed by atoms with E-state index in [0.29, 0.717) is 25.7 Å². The smallest absolute Gasteiger partial charge is 0.239 e. The predicted molar refractivity (Wildman–Crippen MR) is 102 cm³/mol. The van der Waals surface area contributed by atoms with Crippen LogP contribution < -0.4 is 10.1 Å². The fraction of sp³-hybridized carbons (Fsp3) is 0.500. The zero-order valence-corrected chi connectivity index (χ0v) is 15.6. The van der Waals surface area contributed by atoms with Gasteiger partial charge in [-0.2, -0.15) is 5.10 Å². The summed E-state index contributed by atoms with van der Waals surface area (Å²) in [5.41, 5.74) is 1.15. The van der Waals surface area contributed by atoms with Crippen molar-refractivity contribution in [3.8, 4) is 5.75 Å². The van der Waals surface area contributed by atoms with Crippen LogP contribution in [0.3, 0.4) is 0 Å². The average molecular weight is 356 g/mol. The minimum absolute atomic E-state index is 0.0156. The number of carbonyl (C=O) groups is 1. The monoisotopic (exact) mass is 356 g/mol. The highest BCUT2D eigenvalue weighted by molar-refractivity contribution is 5.91.